The van der Waals surface area contributed by atoms with Gasteiger partial charge in [-0.2, -0.15) is 0 Å². The van der Waals surface area contributed by atoms with Crippen molar-refractivity contribution in [3.8, 4) is 0 Å². The number of ketones is 3. The molecule has 0 aliphatic heterocycles. The zero-order valence-electron chi connectivity index (χ0n) is 16.2. The second-order valence-corrected chi connectivity index (χ2v) is 8.06. The van der Waals surface area contributed by atoms with Gasteiger partial charge in [-0.3, -0.25) is 14.4 Å². The Hall–Kier alpha value is -3.05. The molecule has 1 aliphatic rings. The van der Waals surface area contributed by atoms with Crippen molar-refractivity contribution in [2.75, 3.05) is 0 Å². The highest BCUT2D eigenvalue weighted by molar-refractivity contribution is 6.30. The lowest BCUT2D eigenvalue weighted by Crippen LogP contribution is -2.43. The summed E-state index contributed by atoms with van der Waals surface area (Å²) in [6.07, 6.45) is 1.71. The van der Waals surface area contributed by atoms with E-state index in [0.29, 0.717) is 34.0 Å². The first-order valence-corrected chi connectivity index (χ1v) is 9.84. The Balaban J connectivity index is 1.80. The minimum absolute atomic E-state index is 0.0315. The van der Waals surface area contributed by atoms with Crippen molar-refractivity contribution in [3.63, 3.8) is 0 Å². The largest absolute Gasteiger partial charge is 0.290 e. The molecule has 146 valence electrons. The van der Waals surface area contributed by atoms with E-state index >= 15 is 0 Å². The number of imidazole rings is 1. The quantitative estimate of drug-likeness (QED) is 0.374. The summed E-state index contributed by atoms with van der Waals surface area (Å²) < 4.78 is 3.40. The van der Waals surface area contributed by atoms with Gasteiger partial charge in [0.1, 0.15) is 0 Å². The Morgan fingerprint density at radius 2 is 1.62 bits per heavy atom. The summed E-state index contributed by atoms with van der Waals surface area (Å²) in [6.45, 7) is 4.62. The van der Waals surface area contributed by atoms with Gasteiger partial charge in [0.05, 0.1) is 6.54 Å². The fourth-order valence-electron chi connectivity index (χ4n) is 3.70. The highest BCUT2D eigenvalue weighted by atomic mass is 35.5. The van der Waals surface area contributed by atoms with Crippen molar-refractivity contribution >= 4 is 29.0 Å². The molecule has 0 saturated carbocycles. The zero-order chi connectivity index (χ0) is 20.7. The van der Waals surface area contributed by atoms with Gasteiger partial charge in [0, 0.05) is 21.7 Å². The van der Waals surface area contributed by atoms with Crippen molar-refractivity contribution in [2.45, 2.75) is 26.9 Å². The van der Waals surface area contributed by atoms with Gasteiger partial charge in [-0.15, -0.1) is 0 Å². The number of halogens is 1. The van der Waals surface area contributed by atoms with Crippen molar-refractivity contribution < 1.29 is 19.0 Å². The summed E-state index contributed by atoms with van der Waals surface area (Å²) in [7, 11) is 0. The second-order valence-electron chi connectivity index (χ2n) is 7.62. The molecule has 1 aliphatic carbocycles. The van der Waals surface area contributed by atoms with Crippen LogP contribution in [0.15, 0.2) is 54.9 Å². The lowest BCUT2D eigenvalue weighted by atomic mass is 9.89. The fourth-order valence-corrected chi connectivity index (χ4v) is 3.83. The van der Waals surface area contributed by atoms with Gasteiger partial charge in [-0.05, 0) is 30.2 Å². The van der Waals surface area contributed by atoms with Gasteiger partial charge in [-0.25, -0.2) is 9.13 Å². The van der Waals surface area contributed by atoms with Crippen LogP contribution in [0.4, 0.5) is 0 Å². The maximum Gasteiger partial charge on any atom is 0.245 e. The van der Waals surface area contributed by atoms with Crippen LogP contribution in [0, 0.1) is 5.92 Å². The van der Waals surface area contributed by atoms with E-state index in [2.05, 4.69) is 0 Å². The molecule has 2 aromatic carbocycles. The molecular weight excluding hydrogens is 388 g/mol. The summed E-state index contributed by atoms with van der Waals surface area (Å²) >= 11 is 5.90. The monoisotopic (exact) mass is 407 g/mol. The molecule has 29 heavy (non-hydrogen) atoms. The lowest BCUT2D eigenvalue weighted by Gasteiger charge is -2.13. The van der Waals surface area contributed by atoms with Crippen LogP contribution in [-0.4, -0.2) is 21.9 Å². The normalized spacial score (nSPS) is 12.8. The molecule has 0 unspecified atom stereocenters. The summed E-state index contributed by atoms with van der Waals surface area (Å²) in [4.78, 5) is 39.2. The van der Waals surface area contributed by atoms with Crippen LogP contribution < -0.4 is 4.57 Å². The van der Waals surface area contributed by atoms with E-state index in [1.807, 2.05) is 13.8 Å². The first kappa shape index (κ1) is 19.3. The molecule has 0 amide bonds. The van der Waals surface area contributed by atoms with Crippen LogP contribution in [0.3, 0.4) is 0 Å². The minimum atomic E-state index is -0.235. The number of rotatable bonds is 5. The summed E-state index contributed by atoms with van der Waals surface area (Å²) in [5.74, 6) is -0.308. The van der Waals surface area contributed by atoms with Gasteiger partial charge in [0.2, 0.25) is 35.1 Å². The molecule has 3 aromatic rings. The predicted molar refractivity (Wildman–Crippen MR) is 109 cm³/mol. The highest BCUT2D eigenvalue weighted by Crippen LogP contribution is 2.26. The predicted octanol–water partition coefficient (Wildman–Crippen LogP) is 3.74. The Kier molecular flexibility index (Phi) is 4.92. The van der Waals surface area contributed by atoms with E-state index in [9.17, 15) is 14.4 Å². The topological polar surface area (TPSA) is 60.0 Å². The third-order valence-corrected chi connectivity index (χ3v) is 5.22. The standard InChI is InChI=1S/C23H20ClN2O3/c1-14(2)11-25-13-26(12-19(27)15-7-9-16(24)10-8-15)21-20(25)22(28)17-5-3-4-6-18(17)23(21)29/h3-10,13-14H,11-12H2,1-2H3/q+1. The first-order valence-electron chi connectivity index (χ1n) is 9.46. The number of nitrogens with zero attached hydrogens (tertiary/aromatic N) is 2. The van der Waals surface area contributed by atoms with Crippen LogP contribution in [-0.2, 0) is 13.1 Å². The van der Waals surface area contributed by atoms with Crippen LogP contribution in [0.5, 0.6) is 0 Å². The Labute approximate surface area is 173 Å². The summed E-state index contributed by atoms with van der Waals surface area (Å²) in [5.41, 5.74) is 1.91. The molecular formula is C23H20ClN2O3+. The summed E-state index contributed by atoms with van der Waals surface area (Å²) in [5, 5.41) is 0.548. The third kappa shape index (κ3) is 3.42. The van der Waals surface area contributed by atoms with Crippen molar-refractivity contribution in [1.82, 2.24) is 4.57 Å². The Morgan fingerprint density at radius 1 is 1.00 bits per heavy atom. The maximum atomic E-state index is 13.2. The molecule has 0 spiro atoms. The number of hydrogen-bond acceptors (Lipinski definition) is 3. The molecule has 0 fully saturated rings. The number of Topliss-reactive ketones (excluding diaryl/α,β-unsaturated/α-hetero) is 1. The molecule has 0 saturated heterocycles. The molecule has 0 N–H and O–H groups in total. The van der Waals surface area contributed by atoms with Crippen LogP contribution in [0.1, 0.15) is 56.3 Å². The summed E-state index contributed by atoms with van der Waals surface area (Å²) in [6, 6.07) is 13.5. The van der Waals surface area contributed by atoms with Crippen LogP contribution in [0.25, 0.3) is 0 Å². The molecule has 1 aromatic heterocycles. The number of benzene rings is 2. The molecule has 6 heteroatoms. The van der Waals surface area contributed by atoms with Crippen molar-refractivity contribution in [2.24, 2.45) is 5.92 Å². The lowest BCUT2D eigenvalue weighted by molar-refractivity contribution is -0.684. The Bertz CT molecular complexity index is 1140. The van der Waals surface area contributed by atoms with Gasteiger partial charge < -0.3 is 0 Å². The average molecular weight is 408 g/mol. The fraction of sp³-hybridized carbons (Fsp3) is 0.217. The zero-order valence-corrected chi connectivity index (χ0v) is 16.9. The van der Waals surface area contributed by atoms with E-state index in [1.54, 1.807) is 64.0 Å². The van der Waals surface area contributed by atoms with Crippen LogP contribution >= 0.6 is 11.6 Å². The van der Waals surface area contributed by atoms with Gasteiger partial charge in [0.15, 0.2) is 6.54 Å². The van der Waals surface area contributed by atoms with Gasteiger partial charge in [0.25, 0.3) is 0 Å². The highest BCUT2D eigenvalue weighted by Gasteiger charge is 2.41. The van der Waals surface area contributed by atoms with E-state index in [4.69, 9.17) is 11.6 Å². The minimum Gasteiger partial charge on any atom is -0.290 e. The molecule has 5 nitrogen and oxygen atoms in total. The van der Waals surface area contributed by atoms with Crippen molar-refractivity contribution in [3.05, 3.63) is 88.0 Å². The number of hydrogen-bond donors (Lipinski definition) is 0. The average Bonchev–Trinajstić information content (AvgIpc) is 3.04. The smallest absolute Gasteiger partial charge is 0.245 e. The number of aromatic nitrogens is 2. The maximum absolute atomic E-state index is 13.2. The molecule has 0 radical (unpaired) electrons. The first-order chi connectivity index (χ1) is 13.9. The number of fused-ring (bicyclic) bond motifs is 2. The van der Waals surface area contributed by atoms with Gasteiger partial charge >= 0.3 is 0 Å². The van der Waals surface area contributed by atoms with E-state index in [0.717, 1.165) is 0 Å². The van der Waals surface area contributed by atoms with Crippen LogP contribution in [0.2, 0.25) is 5.02 Å². The number of carbonyl (C=O) groups is 3. The SMILES string of the molecule is CC(C)Cn1c[n+](CC(=O)c2ccc(Cl)cc2)c2c1C(=O)c1ccccc1C2=O. The molecule has 0 atom stereocenters. The second kappa shape index (κ2) is 7.41. The van der Waals surface area contributed by atoms with Gasteiger partial charge in [-0.1, -0.05) is 49.7 Å². The molecule has 4 rings (SSSR count). The third-order valence-electron chi connectivity index (χ3n) is 4.97. The molecule has 0 bridgehead atoms. The van der Waals surface area contributed by atoms with E-state index in [-0.39, 0.29) is 35.5 Å². The Morgan fingerprint density at radius 3 is 2.24 bits per heavy atom. The van der Waals surface area contributed by atoms with E-state index < -0.39 is 0 Å². The number of carbonyl (C=O) groups excluding carboxylic acids is 3. The molecule has 1 heterocycles. The van der Waals surface area contributed by atoms with E-state index in [1.165, 1.54) is 0 Å². The van der Waals surface area contributed by atoms with Crippen molar-refractivity contribution in [1.29, 1.82) is 0 Å².